The molecular weight excluding hydrogens is 436 g/mol. The van der Waals surface area contributed by atoms with Crippen molar-refractivity contribution in [3.8, 4) is 0 Å². The van der Waals surface area contributed by atoms with E-state index in [0.29, 0.717) is 12.2 Å². The molecule has 5 nitrogen and oxygen atoms in total. The van der Waals surface area contributed by atoms with Crippen molar-refractivity contribution in [1.29, 1.82) is 0 Å². The second kappa shape index (κ2) is 10.6. The summed E-state index contributed by atoms with van der Waals surface area (Å²) in [5.41, 5.74) is 8.30. The highest BCUT2D eigenvalue weighted by Gasteiger charge is 2.31. The van der Waals surface area contributed by atoms with E-state index in [9.17, 15) is 18.4 Å². The molecule has 3 aromatic rings. The van der Waals surface area contributed by atoms with Gasteiger partial charge in [-0.3, -0.25) is 9.59 Å². The van der Waals surface area contributed by atoms with Crippen LogP contribution in [0.3, 0.4) is 0 Å². The molecule has 34 heavy (non-hydrogen) atoms. The van der Waals surface area contributed by atoms with Crippen LogP contribution in [0.15, 0.2) is 72.8 Å². The fourth-order valence-corrected chi connectivity index (χ4v) is 4.38. The van der Waals surface area contributed by atoms with E-state index in [2.05, 4.69) is 5.32 Å². The first kappa shape index (κ1) is 23.6. The van der Waals surface area contributed by atoms with Gasteiger partial charge >= 0.3 is 0 Å². The molecule has 3 aromatic carbocycles. The molecule has 1 aliphatic rings. The van der Waals surface area contributed by atoms with Crippen molar-refractivity contribution in [3.63, 3.8) is 0 Å². The van der Waals surface area contributed by atoms with Crippen LogP contribution < -0.4 is 11.1 Å². The molecule has 2 unspecified atom stereocenters. The zero-order valence-corrected chi connectivity index (χ0v) is 18.7. The lowest BCUT2D eigenvalue weighted by atomic mass is 9.89. The van der Waals surface area contributed by atoms with Gasteiger partial charge in [0.1, 0.15) is 11.6 Å². The Morgan fingerprint density at radius 2 is 1.50 bits per heavy atom. The number of nitrogens with two attached hydrogens (primary N) is 1. The molecule has 3 N–H and O–H groups in total. The van der Waals surface area contributed by atoms with Gasteiger partial charge in [-0.25, -0.2) is 8.78 Å². The molecule has 2 atom stereocenters. The average Bonchev–Trinajstić information content (AvgIpc) is 2.84. The van der Waals surface area contributed by atoms with Crippen molar-refractivity contribution in [2.24, 2.45) is 5.73 Å². The molecule has 2 amide bonds. The van der Waals surface area contributed by atoms with Gasteiger partial charge in [0.2, 0.25) is 0 Å². The summed E-state index contributed by atoms with van der Waals surface area (Å²) in [6, 6.07) is 18.0. The van der Waals surface area contributed by atoms with Crippen molar-refractivity contribution < 1.29 is 18.4 Å². The van der Waals surface area contributed by atoms with Gasteiger partial charge in [-0.2, -0.15) is 0 Å². The molecule has 4 rings (SSSR count). The van der Waals surface area contributed by atoms with E-state index in [1.165, 1.54) is 42.5 Å². The fourth-order valence-electron chi connectivity index (χ4n) is 4.38. The van der Waals surface area contributed by atoms with Gasteiger partial charge in [-0.15, -0.1) is 0 Å². The summed E-state index contributed by atoms with van der Waals surface area (Å²) in [4.78, 5) is 27.5. The van der Waals surface area contributed by atoms with Crippen molar-refractivity contribution in [2.75, 3.05) is 5.32 Å². The van der Waals surface area contributed by atoms with Crippen LogP contribution in [-0.2, 0) is 6.54 Å². The quantitative estimate of drug-likeness (QED) is 0.532. The maximum Gasteiger partial charge on any atom is 0.255 e. The standard InChI is InChI=1S/C27H27F2N3O2/c28-21-7-3-5-19(15-21)26(33)31-23-13-11-18(12-14-23)17-32(25-10-2-1-9-24(25)30)27(34)20-6-4-8-22(29)16-20/h3-8,11-16,24-25H,1-2,9-10,17,30H2,(H,31,33). The molecule has 7 heteroatoms. The number of carbonyl (C=O) groups excluding carboxylic acids is 2. The number of nitrogens with one attached hydrogen (secondary N) is 1. The highest BCUT2D eigenvalue weighted by atomic mass is 19.1. The maximum absolute atomic E-state index is 13.8. The third kappa shape index (κ3) is 5.66. The molecule has 0 spiro atoms. The maximum atomic E-state index is 13.8. The third-order valence-electron chi connectivity index (χ3n) is 6.17. The lowest BCUT2D eigenvalue weighted by Gasteiger charge is -2.38. The number of hydrogen-bond donors (Lipinski definition) is 2. The van der Waals surface area contributed by atoms with E-state index in [4.69, 9.17) is 5.73 Å². The van der Waals surface area contributed by atoms with Crippen LogP contribution in [0, 0.1) is 11.6 Å². The largest absolute Gasteiger partial charge is 0.330 e. The second-order valence-corrected chi connectivity index (χ2v) is 8.62. The highest BCUT2D eigenvalue weighted by molar-refractivity contribution is 6.04. The SMILES string of the molecule is NC1CCCCC1N(Cc1ccc(NC(=O)c2cccc(F)c2)cc1)C(=O)c1cccc(F)c1. The summed E-state index contributed by atoms with van der Waals surface area (Å²) >= 11 is 0. The normalized spacial score (nSPS) is 17.7. The van der Waals surface area contributed by atoms with Crippen molar-refractivity contribution in [3.05, 3.63) is 101 Å². The van der Waals surface area contributed by atoms with Crippen LogP contribution in [0.1, 0.15) is 52.0 Å². The molecule has 0 bridgehead atoms. The number of nitrogens with zero attached hydrogens (tertiary/aromatic N) is 1. The number of rotatable bonds is 6. The molecule has 1 saturated carbocycles. The highest BCUT2D eigenvalue weighted by Crippen LogP contribution is 2.26. The predicted molar refractivity (Wildman–Crippen MR) is 127 cm³/mol. The van der Waals surface area contributed by atoms with Crippen molar-refractivity contribution in [1.82, 2.24) is 4.90 Å². The Morgan fingerprint density at radius 1 is 0.882 bits per heavy atom. The molecule has 1 fully saturated rings. The lowest BCUT2D eigenvalue weighted by molar-refractivity contribution is 0.0583. The number of benzene rings is 3. The smallest absolute Gasteiger partial charge is 0.255 e. The van der Waals surface area contributed by atoms with E-state index >= 15 is 0 Å². The first-order valence-corrected chi connectivity index (χ1v) is 11.4. The van der Waals surface area contributed by atoms with Crippen LogP contribution in [-0.4, -0.2) is 28.8 Å². The molecule has 176 valence electrons. The van der Waals surface area contributed by atoms with E-state index in [-0.39, 0.29) is 29.1 Å². The Balaban J connectivity index is 1.51. The van der Waals surface area contributed by atoms with Gasteiger partial charge in [0.15, 0.2) is 0 Å². The Morgan fingerprint density at radius 3 is 2.15 bits per heavy atom. The molecular formula is C27H27F2N3O2. The van der Waals surface area contributed by atoms with E-state index < -0.39 is 17.5 Å². The van der Waals surface area contributed by atoms with Crippen molar-refractivity contribution >= 4 is 17.5 Å². The van der Waals surface area contributed by atoms with Gasteiger partial charge < -0.3 is 16.0 Å². The summed E-state index contributed by atoms with van der Waals surface area (Å²) in [5.74, 6) is -1.61. The number of halogens is 2. The van der Waals surface area contributed by atoms with E-state index in [1.807, 2.05) is 12.1 Å². The second-order valence-electron chi connectivity index (χ2n) is 8.62. The predicted octanol–water partition coefficient (Wildman–Crippen LogP) is 5.13. The van der Waals surface area contributed by atoms with Gasteiger partial charge in [-0.05, 0) is 66.9 Å². The van der Waals surface area contributed by atoms with E-state index in [0.717, 1.165) is 31.2 Å². The average molecular weight is 464 g/mol. The minimum absolute atomic E-state index is 0.142. The van der Waals surface area contributed by atoms with Crippen LogP contribution >= 0.6 is 0 Å². The molecule has 0 saturated heterocycles. The zero-order valence-electron chi connectivity index (χ0n) is 18.7. The summed E-state index contributed by atoms with van der Waals surface area (Å²) in [6.45, 7) is 0.311. The Hall–Kier alpha value is -3.58. The zero-order chi connectivity index (χ0) is 24.1. The first-order valence-electron chi connectivity index (χ1n) is 11.4. The lowest BCUT2D eigenvalue weighted by Crippen LogP contribution is -2.51. The minimum atomic E-state index is -0.480. The Labute approximate surface area is 197 Å². The fraction of sp³-hybridized carbons (Fsp3) is 0.259. The monoisotopic (exact) mass is 463 g/mol. The van der Waals surface area contributed by atoms with Crippen LogP contribution in [0.25, 0.3) is 0 Å². The molecule has 1 aliphatic carbocycles. The summed E-state index contributed by atoms with van der Waals surface area (Å²) < 4.78 is 27.2. The molecule has 0 aromatic heterocycles. The number of hydrogen-bond acceptors (Lipinski definition) is 3. The van der Waals surface area contributed by atoms with Crippen LogP contribution in [0.4, 0.5) is 14.5 Å². The molecule has 0 radical (unpaired) electrons. The first-order chi connectivity index (χ1) is 16.4. The minimum Gasteiger partial charge on any atom is -0.330 e. The Bertz CT molecular complexity index is 1170. The number of anilines is 1. The summed E-state index contributed by atoms with van der Waals surface area (Å²) in [5, 5.41) is 2.74. The number of carbonyl (C=O) groups is 2. The number of amides is 2. The topological polar surface area (TPSA) is 75.4 Å². The summed E-state index contributed by atoms with van der Waals surface area (Å²) in [7, 11) is 0. The van der Waals surface area contributed by atoms with Crippen LogP contribution in [0.5, 0.6) is 0 Å². The van der Waals surface area contributed by atoms with Crippen molar-refractivity contribution in [2.45, 2.75) is 44.3 Å². The third-order valence-corrected chi connectivity index (χ3v) is 6.17. The molecule has 0 heterocycles. The van der Waals surface area contributed by atoms with Gasteiger partial charge in [0.25, 0.3) is 11.8 Å². The van der Waals surface area contributed by atoms with Gasteiger partial charge in [-0.1, -0.05) is 37.1 Å². The Kier molecular flexibility index (Phi) is 7.33. The summed E-state index contributed by atoms with van der Waals surface area (Å²) in [6.07, 6.45) is 3.64. The van der Waals surface area contributed by atoms with E-state index in [1.54, 1.807) is 23.1 Å². The van der Waals surface area contributed by atoms with Gasteiger partial charge in [0.05, 0.1) is 0 Å². The van der Waals surface area contributed by atoms with Crippen LogP contribution in [0.2, 0.25) is 0 Å². The molecule has 0 aliphatic heterocycles. The van der Waals surface area contributed by atoms with Gasteiger partial charge in [0, 0.05) is 35.4 Å².